The van der Waals surface area contributed by atoms with Crippen molar-refractivity contribution in [2.45, 2.75) is 32.7 Å². The van der Waals surface area contributed by atoms with Gasteiger partial charge in [-0.05, 0) is 6.42 Å². The number of rotatable bonds is 5. The van der Waals surface area contributed by atoms with Crippen LogP contribution >= 0.6 is 0 Å². The molecular weight excluding hydrogens is 214 g/mol. The molecule has 1 atom stereocenters. The highest BCUT2D eigenvalue weighted by Gasteiger charge is 2.13. The van der Waals surface area contributed by atoms with Gasteiger partial charge in [0.25, 0.3) is 0 Å². The van der Waals surface area contributed by atoms with E-state index < -0.39 is 0 Å². The Labute approximate surface area is 104 Å². The van der Waals surface area contributed by atoms with Gasteiger partial charge in [-0.3, -0.25) is 4.90 Å². The minimum atomic E-state index is 0.551. The van der Waals surface area contributed by atoms with Gasteiger partial charge in [0.1, 0.15) is 5.82 Å². The molecule has 4 heteroatoms. The van der Waals surface area contributed by atoms with E-state index in [4.69, 9.17) is 4.74 Å². The van der Waals surface area contributed by atoms with Crippen LogP contribution in [0.1, 0.15) is 32.0 Å². The van der Waals surface area contributed by atoms with Gasteiger partial charge in [-0.15, -0.1) is 0 Å². The summed E-state index contributed by atoms with van der Waals surface area (Å²) in [4.78, 5) is 6.93. The van der Waals surface area contributed by atoms with Crippen LogP contribution in [0.3, 0.4) is 0 Å². The van der Waals surface area contributed by atoms with Crippen LogP contribution in [0.4, 0.5) is 0 Å². The molecule has 2 rings (SSSR count). The molecule has 0 aliphatic carbocycles. The van der Waals surface area contributed by atoms with E-state index in [2.05, 4.69) is 34.5 Å². The summed E-state index contributed by atoms with van der Waals surface area (Å²) >= 11 is 0. The Bertz CT molecular complexity index is 331. The first-order valence-electron chi connectivity index (χ1n) is 6.62. The molecule has 1 aliphatic rings. The number of ether oxygens (including phenoxy) is 1. The average molecular weight is 237 g/mol. The second-order valence-corrected chi connectivity index (χ2v) is 4.74. The third-order valence-electron chi connectivity index (χ3n) is 3.56. The van der Waals surface area contributed by atoms with E-state index in [-0.39, 0.29) is 0 Å². The van der Waals surface area contributed by atoms with Gasteiger partial charge in [-0.1, -0.05) is 13.8 Å². The standard InChI is InChI=1S/C13H23N3O/c1-3-12(2)13-14-4-5-16(13)7-6-15-8-10-17-11-9-15/h4-5,12H,3,6-11H2,1-2H3. The Morgan fingerprint density at radius 2 is 2.12 bits per heavy atom. The lowest BCUT2D eigenvalue weighted by molar-refractivity contribution is 0.0362. The van der Waals surface area contributed by atoms with Gasteiger partial charge < -0.3 is 9.30 Å². The third kappa shape index (κ3) is 3.30. The summed E-state index contributed by atoms with van der Waals surface area (Å²) in [5.41, 5.74) is 0. The second kappa shape index (κ2) is 6.17. The highest BCUT2D eigenvalue weighted by molar-refractivity contribution is 4.98. The molecule has 1 aromatic heterocycles. The topological polar surface area (TPSA) is 30.3 Å². The Kier molecular flexibility index (Phi) is 4.57. The SMILES string of the molecule is CCC(C)c1nccn1CCN1CCOCC1. The number of aromatic nitrogens is 2. The Morgan fingerprint density at radius 3 is 2.82 bits per heavy atom. The summed E-state index contributed by atoms with van der Waals surface area (Å²) in [6.07, 6.45) is 5.16. The summed E-state index contributed by atoms with van der Waals surface area (Å²) in [6.45, 7) is 10.5. The van der Waals surface area contributed by atoms with Crippen LogP contribution in [0, 0.1) is 0 Å². The molecule has 0 N–H and O–H groups in total. The van der Waals surface area contributed by atoms with Crippen LogP contribution < -0.4 is 0 Å². The van der Waals surface area contributed by atoms with E-state index in [1.54, 1.807) is 0 Å². The van der Waals surface area contributed by atoms with E-state index in [1.807, 2.05) is 6.20 Å². The molecular formula is C13H23N3O. The zero-order valence-corrected chi connectivity index (χ0v) is 10.9. The Balaban J connectivity index is 1.87. The van der Waals surface area contributed by atoms with Crippen LogP contribution in [-0.4, -0.2) is 47.3 Å². The zero-order valence-electron chi connectivity index (χ0n) is 10.9. The van der Waals surface area contributed by atoms with Crippen LogP contribution in [0.5, 0.6) is 0 Å². The number of nitrogens with zero attached hydrogens (tertiary/aromatic N) is 3. The van der Waals surface area contributed by atoms with E-state index in [9.17, 15) is 0 Å². The van der Waals surface area contributed by atoms with Gasteiger partial charge >= 0.3 is 0 Å². The van der Waals surface area contributed by atoms with Gasteiger partial charge in [0.2, 0.25) is 0 Å². The van der Waals surface area contributed by atoms with Crippen molar-refractivity contribution < 1.29 is 4.74 Å². The highest BCUT2D eigenvalue weighted by atomic mass is 16.5. The molecule has 0 aromatic carbocycles. The molecule has 0 amide bonds. The average Bonchev–Trinajstić information content (AvgIpc) is 2.85. The van der Waals surface area contributed by atoms with Crippen LogP contribution in [0.15, 0.2) is 12.4 Å². The van der Waals surface area contributed by atoms with Crippen molar-refractivity contribution in [1.82, 2.24) is 14.5 Å². The summed E-state index contributed by atoms with van der Waals surface area (Å²) in [5, 5.41) is 0. The molecule has 0 bridgehead atoms. The predicted octanol–water partition coefficient (Wildman–Crippen LogP) is 1.73. The Morgan fingerprint density at radius 1 is 1.35 bits per heavy atom. The first kappa shape index (κ1) is 12.6. The fourth-order valence-corrected chi connectivity index (χ4v) is 2.20. The van der Waals surface area contributed by atoms with Crippen molar-refractivity contribution >= 4 is 0 Å². The minimum Gasteiger partial charge on any atom is -0.379 e. The first-order chi connectivity index (χ1) is 8.31. The second-order valence-electron chi connectivity index (χ2n) is 4.74. The molecule has 1 aromatic rings. The fourth-order valence-electron chi connectivity index (χ4n) is 2.20. The monoisotopic (exact) mass is 237 g/mol. The van der Waals surface area contributed by atoms with Crippen LogP contribution in [0.25, 0.3) is 0 Å². The number of imidazole rings is 1. The van der Waals surface area contributed by atoms with Crippen molar-refractivity contribution in [3.8, 4) is 0 Å². The molecule has 1 saturated heterocycles. The first-order valence-corrected chi connectivity index (χ1v) is 6.62. The fraction of sp³-hybridized carbons (Fsp3) is 0.769. The number of hydrogen-bond acceptors (Lipinski definition) is 3. The van der Waals surface area contributed by atoms with Crippen LogP contribution in [-0.2, 0) is 11.3 Å². The van der Waals surface area contributed by atoms with Gasteiger partial charge in [-0.25, -0.2) is 4.98 Å². The molecule has 0 saturated carbocycles. The van der Waals surface area contributed by atoms with E-state index in [1.165, 1.54) is 5.82 Å². The Hall–Kier alpha value is -0.870. The normalized spacial score (nSPS) is 19.4. The minimum absolute atomic E-state index is 0.551. The highest BCUT2D eigenvalue weighted by Crippen LogP contribution is 2.16. The summed E-state index contributed by atoms with van der Waals surface area (Å²) < 4.78 is 7.65. The lowest BCUT2D eigenvalue weighted by Crippen LogP contribution is -2.38. The quantitative estimate of drug-likeness (QED) is 0.781. The molecule has 0 radical (unpaired) electrons. The molecule has 96 valence electrons. The van der Waals surface area contributed by atoms with Gasteiger partial charge in [0.15, 0.2) is 0 Å². The number of hydrogen-bond donors (Lipinski definition) is 0. The molecule has 1 unspecified atom stereocenters. The molecule has 1 aliphatic heterocycles. The molecule has 2 heterocycles. The van der Waals surface area contributed by atoms with Crippen LogP contribution in [0.2, 0.25) is 0 Å². The lowest BCUT2D eigenvalue weighted by Gasteiger charge is -2.27. The van der Waals surface area contributed by atoms with Crippen molar-refractivity contribution in [1.29, 1.82) is 0 Å². The van der Waals surface area contributed by atoms with Crippen molar-refractivity contribution in [2.24, 2.45) is 0 Å². The summed E-state index contributed by atoms with van der Waals surface area (Å²) in [6, 6.07) is 0. The maximum absolute atomic E-state index is 5.36. The smallest absolute Gasteiger partial charge is 0.111 e. The van der Waals surface area contributed by atoms with Gasteiger partial charge in [0.05, 0.1) is 13.2 Å². The maximum Gasteiger partial charge on any atom is 0.111 e. The van der Waals surface area contributed by atoms with Crippen molar-refractivity contribution in [2.75, 3.05) is 32.8 Å². The third-order valence-corrected chi connectivity index (χ3v) is 3.56. The van der Waals surface area contributed by atoms with E-state index in [0.29, 0.717) is 5.92 Å². The van der Waals surface area contributed by atoms with Gasteiger partial charge in [0, 0.05) is 44.5 Å². The maximum atomic E-state index is 5.36. The molecule has 1 fully saturated rings. The van der Waals surface area contributed by atoms with Crippen molar-refractivity contribution in [3.05, 3.63) is 18.2 Å². The summed E-state index contributed by atoms with van der Waals surface area (Å²) in [5.74, 6) is 1.77. The van der Waals surface area contributed by atoms with Crippen molar-refractivity contribution in [3.63, 3.8) is 0 Å². The van der Waals surface area contributed by atoms with Gasteiger partial charge in [-0.2, -0.15) is 0 Å². The largest absolute Gasteiger partial charge is 0.379 e. The predicted molar refractivity (Wildman–Crippen MR) is 68.2 cm³/mol. The number of morpholine rings is 1. The molecule has 17 heavy (non-hydrogen) atoms. The molecule has 4 nitrogen and oxygen atoms in total. The summed E-state index contributed by atoms with van der Waals surface area (Å²) in [7, 11) is 0. The van der Waals surface area contributed by atoms with E-state index in [0.717, 1.165) is 45.8 Å². The van der Waals surface area contributed by atoms with E-state index >= 15 is 0 Å². The zero-order chi connectivity index (χ0) is 12.1. The lowest BCUT2D eigenvalue weighted by atomic mass is 10.1. The molecule has 0 spiro atoms.